The summed E-state index contributed by atoms with van der Waals surface area (Å²) >= 11 is 3.24. The highest BCUT2D eigenvalue weighted by atomic mass is 79.9. The molecule has 0 spiro atoms. The first-order valence-corrected chi connectivity index (χ1v) is 7.82. The Bertz CT molecular complexity index is 454. The summed E-state index contributed by atoms with van der Waals surface area (Å²) in [6.07, 6.45) is 4.91. The van der Waals surface area contributed by atoms with E-state index in [0.29, 0.717) is 16.5 Å². The zero-order valence-electron chi connectivity index (χ0n) is 11.0. The quantitative estimate of drug-likeness (QED) is 0.838. The van der Waals surface area contributed by atoms with Gasteiger partial charge in [0, 0.05) is 19.1 Å². The minimum absolute atomic E-state index is 0.0228. The lowest BCUT2D eigenvalue weighted by atomic mass is 10.0. The summed E-state index contributed by atoms with van der Waals surface area (Å²) < 4.78 is 5.99. The van der Waals surface area contributed by atoms with Crippen molar-refractivity contribution in [3.63, 3.8) is 0 Å². The van der Waals surface area contributed by atoms with Gasteiger partial charge >= 0.3 is 0 Å². The molecule has 2 saturated heterocycles. The number of halogens is 1. The van der Waals surface area contributed by atoms with Gasteiger partial charge in [-0.1, -0.05) is 0 Å². The number of furan rings is 1. The number of hydrogen-bond donors (Lipinski definition) is 0. The van der Waals surface area contributed by atoms with Gasteiger partial charge in [0.05, 0.1) is 0 Å². The normalized spacial score (nSPS) is 24.9. The fourth-order valence-corrected chi connectivity index (χ4v) is 3.44. The van der Waals surface area contributed by atoms with E-state index in [2.05, 4.69) is 20.8 Å². The van der Waals surface area contributed by atoms with Gasteiger partial charge in [-0.25, -0.2) is 0 Å². The van der Waals surface area contributed by atoms with Gasteiger partial charge in [0.25, 0.3) is 5.91 Å². The van der Waals surface area contributed by atoms with Crippen LogP contribution >= 0.6 is 15.9 Å². The SMILES string of the molecule is O=C(c1ccc(Br)o1)N1CCCC(N2CCCC2)C1. The third-order valence-electron chi connectivity index (χ3n) is 4.12. The van der Waals surface area contributed by atoms with Crippen molar-refractivity contribution in [1.29, 1.82) is 0 Å². The summed E-state index contributed by atoms with van der Waals surface area (Å²) in [6, 6.07) is 4.06. The molecule has 1 aromatic rings. The molecule has 2 aliphatic rings. The number of piperidine rings is 1. The van der Waals surface area contributed by atoms with Crippen LogP contribution in [0, 0.1) is 0 Å². The lowest BCUT2D eigenvalue weighted by Crippen LogP contribution is -2.48. The van der Waals surface area contributed by atoms with Gasteiger partial charge in [-0.15, -0.1) is 0 Å². The molecule has 3 rings (SSSR count). The molecule has 0 aliphatic carbocycles. The van der Waals surface area contributed by atoms with E-state index in [4.69, 9.17) is 4.42 Å². The molecule has 1 amide bonds. The Kier molecular flexibility index (Phi) is 3.93. The molecule has 5 heteroatoms. The highest BCUT2D eigenvalue weighted by Gasteiger charge is 2.30. The van der Waals surface area contributed by atoms with Crippen LogP contribution < -0.4 is 0 Å². The maximum absolute atomic E-state index is 12.4. The summed E-state index contributed by atoms with van der Waals surface area (Å²) in [5.41, 5.74) is 0. The minimum Gasteiger partial charge on any atom is -0.444 e. The molecule has 0 saturated carbocycles. The van der Waals surface area contributed by atoms with E-state index in [1.807, 2.05) is 4.90 Å². The second-order valence-corrected chi connectivity index (χ2v) is 6.18. The molecular weight excluding hydrogens is 308 g/mol. The number of carbonyl (C=O) groups is 1. The van der Waals surface area contributed by atoms with Gasteiger partial charge in [0.1, 0.15) is 0 Å². The topological polar surface area (TPSA) is 36.7 Å². The van der Waals surface area contributed by atoms with E-state index in [1.54, 1.807) is 12.1 Å². The Morgan fingerprint density at radius 1 is 1.21 bits per heavy atom. The average Bonchev–Trinajstić information content (AvgIpc) is 3.09. The van der Waals surface area contributed by atoms with Crippen LogP contribution in [0.5, 0.6) is 0 Å². The lowest BCUT2D eigenvalue weighted by molar-refractivity contribution is 0.0576. The molecule has 4 nitrogen and oxygen atoms in total. The van der Waals surface area contributed by atoms with E-state index in [-0.39, 0.29) is 5.91 Å². The number of rotatable bonds is 2. The van der Waals surface area contributed by atoms with Crippen LogP contribution in [0.1, 0.15) is 36.2 Å². The zero-order valence-corrected chi connectivity index (χ0v) is 12.6. The van der Waals surface area contributed by atoms with E-state index >= 15 is 0 Å². The van der Waals surface area contributed by atoms with E-state index in [0.717, 1.165) is 19.5 Å². The van der Waals surface area contributed by atoms with Crippen LogP contribution in [0.15, 0.2) is 21.2 Å². The maximum Gasteiger partial charge on any atom is 0.289 e. The molecule has 19 heavy (non-hydrogen) atoms. The summed E-state index contributed by atoms with van der Waals surface area (Å²) in [5, 5.41) is 0. The van der Waals surface area contributed by atoms with Crippen molar-refractivity contribution in [2.75, 3.05) is 26.2 Å². The summed E-state index contributed by atoms with van der Waals surface area (Å²) in [4.78, 5) is 16.8. The Morgan fingerprint density at radius 2 is 2.00 bits per heavy atom. The molecule has 3 heterocycles. The molecule has 104 valence electrons. The first-order chi connectivity index (χ1) is 9.24. The van der Waals surface area contributed by atoms with Crippen molar-refractivity contribution in [3.05, 3.63) is 22.6 Å². The van der Waals surface area contributed by atoms with Crippen molar-refractivity contribution in [3.8, 4) is 0 Å². The van der Waals surface area contributed by atoms with Gasteiger partial charge in [-0.3, -0.25) is 9.69 Å². The van der Waals surface area contributed by atoms with E-state index in [9.17, 15) is 4.79 Å². The molecule has 1 aromatic heterocycles. The van der Waals surface area contributed by atoms with E-state index in [1.165, 1.54) is 32.4 Å². The second kappa shape index (κ2) is 5.67. The van der Waals surface area contributed by atoms with Crippen LogP contribution in [-0.4, -0.2) is 47.9 Å². The largest absolute Gasteiger partial charge is 0.444 e. The molecule has 1 unspecified atom stereocenters. The Labute approximate surface area is 121 Å². The number of amides is 1. The highest BCUT2D eigenvalue weighted by Crippen LogP contribution is 2.23. The maximum atomic E-state index is 12.4. The third kappa shape index (κ3) is 2.87. The predicted molar refractivity (Wildman–Crippen MR) is 76.1 cm³/mol. The van der Waals surface area contributed by atoms with Gasteiger partial charge < -0.3 is 9.32 Å². The van der Waals surface area contributed by atoms with Crippen molar-refractivity contribution >= 4 is 21.8 Å². The predicted octanol–water partition coefficient (Wildman–Crippen LogP) is 2.74. The van der Waals surface area contributed by atoms with Crippen LogP contribution in [0.3, 0.4) is 0 Å². The summed E-state index contributed by atoms with van der Waals surface area (Å²) in [5.74, 6) is 0.462. The Morgan fingerprint density at radius 3 is 2.68 bits per heavy atom. The Hall–Kier alpha value is -0.810. The standard InChI is InChI=1S/C14H19BrN2O2/c15-13-6-5-12(19-13)14(18)17-9-3-4-11(10-17)16-7-1-2-8-16/h5-6,11H,1-4,7-10H2. The van der Waals surface area contributed by atoms with E-state index < -0.39 is 0 Å². The number of carbonyl (C=O) groups excluding carboxylic acids is 1. The third-order valence-corrected chi connectivity index (χ3v) is 4.55. The van der Waals surface area contributed by atoms with Crippen LogP contribution in [0.2, 0.25) is 0 Å². The molecule has 0 radical (unpaired) electrons. The molecule has 0 bridgehead atoms. The Balaban J connectivity index is 1.65. The van der Waals surface area contributed by atoms with Gasteiger partial charge in [-0.2, -0.15) is 0 Å². The average molecular weight is 327 g/mol. The van der Waals surface area contributed by atoms with Crippen molar-refractivity contribution < 1.29 is 9.21 Å². The fourth-order valence-electron chi connectivity index (χ4n) is 3.13. The molecular formula is C14H19BrN2O2. The second-order valence-electron chi connectivity index (χ2n) is 5.39. The van der Waals surface area contributed by atoms with Crippen LogP contribution in [-0.2, 0) is 0 Å². The summed E-state index contributed by atoms with van der Waals surface area (Å²) in [7, 11) is 0. The molecule has 2 fully saturated rings. The van der Waals surface area contributed by atoms with Crippen molar-refractivity contribution in [1.82, 2.24) is 9.80 Å². The highest BCUT2D eigenvalue weighted by molar-refractivity contribution is 9.10. The zero-order chi connectivity index (χ0) is 13.2. The molecule has 0 N–H and O–H groups in total. The minimum atomic E-state index is 0.0228. The smallest absolute Gasteiger partial charge is 0.289 e. The number of hydrogen-bond acceptors (Lipinski definition) is 3. The van der Waals surface area contributed by atoms with Crippen LogP contribution in [0.4, 0.5) is 0 Å². The number of likely N-dealkylation sites (tertiary alicyclic amines) is 2. The first-order valence-electron chi connectivity index (χ1n) is 7.03. The molecule has 1 atom stereocenters. The number of nitrogens with zero attached hydrogens (tertiary/aromatic N) is 2. The fraction of sp³-hybridized carbons (Fsp3) is 0.643. The molecule has 0 aromatic carbocycles. The molecule has 2 aliphatic heterocycles. The van der Waals surface area contributed by atoms with Gasteiger partial charge in [0.2, 0.25) is 0 Å². The monoisotopic (exact) mass is 326 g/mol. The van der Waals surface area contributed by atoms with Crippen molar-refractivity contribution in [2.45, 2.75) is 31.7 Å². The van der Waals surface area contributed by atoms with Crippen molar-refractivity contribution in [2.24, 2.45) is 0 Å². The van der Waals surface area contributed by atoms with Crippen LogP contribution in [0.25, 0.3) is 0 Å². The summed E-state index contributed by atoms with van der Waals surface area (Å²) in [6.45, 7) is 4.08. The lowest BCUT2D eigenvalue weighted by Gasteiger charge is -2.37. The van der Waals surface area contributed by atoms with Gasteiger partial charge in [0.15, 0.2) is 10.4 Å². The van der Waals surface area contributed by atoms with Gasteiger partial charge in [-0.05, 0) is 66.8 Å². The first kappa shape index (κ1) is 13.2.